The van der Waals surface area contributed by atoms with E-state index in [0.29, 0.717) is 23.7 Å². The van der Waals surface area contributed by atoms with Crippen molar-refractivity contribution in [1.29, 1.82) is 0 Å². The first kappa shape index (κ1) is 13.8. The van der Waals surface area contributed by atoms with E-state index in [9.17, 15) is 8.78 Å². The number of rotatable bonds is 3. The molecule has 1 aromatic heterocycles. The average molecular weight is 305 g/mol. The summed E-state index contributed by atoms with van der Waals surface area (Å²) in [6.07, 6.45) is 4.55. The molecule has 2 N–H and O–H groups in total. The van der Waals surface area contributed by atoms with Crippen molar-refractivity contribution in [3.8, 4) is 0 Å². The molecule has 2 fully saturated rings. The molecule has 0 radical (unpaired) electrons. The van der Waals surface area contributed by atoms with Crippen LogP contribution in [0.25, 0.3) is 0 Å². The van der Waals surface area contributed by atoms with Crippen LogP contribution >= 0.6 is 0 Å². The maximum Gasteiger partial charge on any atom is 0.230 e. The van der Waals surface area contributed by atoms with Gasteiger partial charge in [-0.15, -0.1) is 0 Å². The normalized spacial score (nSPS) is 26.3. The molecule has 0 spiro atoms. The number of nitrogens with zero attached hydrogens (tertiary/aromatic N) is 2. The quantitative estimate of drug-likeness (QED) is 0.944. The number of hydrogen-bond acceptors (Lipinski definition) is 4. The number of hydrogen-bond donors (Lipinski definition) is 1. The molecule has 22 heavy (non-hydrogen) atoms. The van der Waals surface area contributed by atoms with Gasteiger partial charge in [0.1, 0.15) is 0 Å². The van der Waals surface area contributed by atoms with Gasteiger partial charge in [-0.2, -0.15) is 4.98 Å². The van der Waals surface area contributed by atoms with Crippen molar-refractivity contribution in [2.45, 2.75) is 49.5 Å². The molecule has 2 unspecified atom stereocenters. The minimum Gasteiger partial charge on any atom is -0.339 e. The highest BCUT2D eigenvalue weighted by atomic mass is 19.2. The van der Waals surface area contributed by atoms with Crippen LogP contribution in [0.5, 0.6) is 0 Å². The second-order valence-electron chi connectivity index (χ2n) is 6.41. The lowest BCUT2D eigenvalue weighted by atomic mass is 9.99. The molecule has 0 saturated heterocycles. The summed E-state index contributed by atoms with van der Waals surface area (Å²) in [5.74, 6) is -0.698. The number of benzene rings is 1. The van der Waals surface area contributed by atoms with E-state index in [1.54, 1.807) is 6.07 Å². The summed E-state index contributed by atoms with van der Waals surface area (Å²) in [5, 5.41) is 4.02. The van der Waals surface area contributed by atoms with Crippen molar-refractivity contribution < 1.29 is 13.3 Å². The smallest absolute Gasteiger partial charge is 0.230 e. The largest absolute Gasteiger partial charge is 0.339 e. The molecule has 1 aromatic carbocycles. The number of nitrogens with two attached hydrogens (primary N) is 1. The van der Waals surface area contributed by atoms with E-state index in [2.05, 4.69) is 10.1 Å². The first-order chi connectivity index (χ1) is 10.6. The Hall–Kier alpha value is -1.82. The van der Waals surface area contributed by atoms with Crippen LogP contribution < -0.4 is 5.73 Å². The van der Waals surface area contributed by atoms with Crippen molar-refractivity contribution in [2.24, 2.45) is 5.73 Å². The van der Waals surface area contributed by atoms with Gasteiger partial charge in [-0.1, -0.05) is 30.1 Å². The third-order valence-electron chi connectivity index (χ3n) is 4.87. The second kappa shape index (κ2) is 4.84. The third kappa shape index (κ3) is 2.13. The molecule has 0 amide bonds. The van der Waals surface area contributed by atoms with Crippen molar-refractivity contribution in [1.82, 2.24) is 10.1 Å². The van der Waals surface area contributed by atoms with E-state index >= 15 is 0 Å². The van der Waals surface area contributed by atoms with Crippen molar-refractivity contribution in [3.63, 3.8) is 0 Å². The standard InChI is InChI=1S/C16H17F2N3O/c17-12-5-3-4-9(13(12)18)10-8-11(10)14-20-15(21-22-14)16(19)6-1-2-7-16/h3-5,10-11H,1-2,6-8,19H2. The van der Waals surface area contributed by atoms with E-state index in [1.165, 1.54) is 6.07 Å². The summed E-state index contributed by atoms with van der Waals surface area (Å²) < 4.78 is 32.5. The zero-order valence-corrected chi connectivity index (χ0v) is 12.1. The van der Waals surface area contributed by atoms with Gasteiger partial charge in [0.2, 0.25) is 5.89 Å². The molecule has 6 heteroatoms. The van der Waals surface area contributed by atoms with Gasteiger partial charge in [0.15, 0.2) is 17.5 Å². The predicted molar refractivity (Wildman–Crippen MR) is 75.1 cm³/mol. The molecule has 4 nitrogen and oxygen atoms in total. The Labute approximate surface area is 126 Å². The molecule has 2 atom stereocenters. The lowest BCUT2D eigenvalue weighted by molar-refractivity contribution is 0.348. The van der Waals surface area contributed by atoms with Crippen LogP contribution in [0.4, 0.5) is 8.78 Å². The van der Waals surface area contributed by atoms with Crippen molar-refractivity contribution >= 4 is 0 Å². The zero-order valence-electron chi connectivity index (χ0n) is 12.1. The van der Waals surface area contributed by atoms with Crippen molar-refractivity contribution in [3.05, 3.63) is 47.1 Å². The van der Waals surface area contributed by atoms with E-state index in [-0.39, 0.29) is 11.8 Å². The summed E-state index contributed by atoms with van der Waals surface area (Å²) in [4.78, 5) is 4.43. The van der Waals surface area contributed by atoms with Gasteiger partial charge < -0.3 is 10.3 Å². The molecule has 2 aliphatic carbocycles. The lowest BCUT2D eigenvalue weighted by Gasteiger charge is -2.17. The Kier molecular flexibility index (Phi) is 3.04. The molecule has 2 aromatic rings. The minimum absolute atomic E-state index is 0.0393. The topological polar surface area (TPSA) is 64.9 Å². The van der Waals surface area contributed by atoms with Crippen molar-refractivity contribution in [2.75, 3.05) is 0 Å². The average Bonchev–Trinajstić information content (AvgIpc) is 2.93. The van der Waals surface area contributed by atoms with Crippen LogP contribution in [0.3, 0.4) is 0 Å². The van der Waals surface area contributed by atoms with E-state index < -0.39 is 17.2 Å². The highest BCUT2D eigenvalue weighted by Gasteiger charge is 2.46. The van der Waals surface area contributed by atoms with Crippen LogP contribution in [0.2, 0.25) is 0 Å². The van der Waals surface area contributed by atoms with Gasteiger partial charge in [0.05, 0.1) is 5.54 Å². The van der Waals surface area contributed by atoms with Crippen LogP contribution in [-0.2, 0) is 5.54 Å². The Balaban J connectivity index is 1.55. The SMILES string of the molecule is NC1(c2noc(C3CC3c3cccc(F)c3F)n2)CCCC1. The third-order valence-corrected chi connectivity index (χ3v) is 4.87. The zero-order chi connectivity index (χ0) is 15.3. The van der Waals surface area contributed by atoms with E-state index in [0.717, 1.165) is 31.7 Å². The molecule has 2 aliphatic rings. The maximum absolute atomic E-state index is 13.8. The predicted octanol–water partition coefficient (Wildman–Crippen LogP) is 3.35. The lowest BCUT2D eigenvalue weighted by Crippen LogP contribution is -2.34. The van der Waals surface area contributed by atoms with Gasteiger partial charge >= 0.3 is 0 Å². The summed E-state index contributed by atoms with van der Waals surface area (Å²) in [5.41, 5.74) is 6.20. The summed E-state index contributed by atoms with van der Waals surface area (Å²) in [6, 6.07) is 4.26. The fourth-order valence-electron chi connectivity index (χ4n) is 3.44. The Morgan fingerprint density at radius 1 is 1.18 bits per heavy atom. The second-order valence-corrected chi connectivity index (χ2v) is 6.41. The van der Waals surface area contributed by atoms with Crippen LogP contribution in [-0.4, -0.2) is 10.1 Å². The van der Waals surface area contributed by atoms with Gasteiger partial charge in [-0.05, 0) is 36.8 Å². The molecule has 1 heterocycles. The minimum atomic E-state index is -0.818. The van der Waals surface area contributed by atoms with Gasteiger partial charge in [-0.3, -0.25) is 0 Å². The molecular formula is C16H17F2N3O. The molecule has 0 aliphatic heterocycles. The monoisotopic (exact) mass is 305 g/mol. The van der Waals surface area contributed by atoms with Crippen LogP contribution in [0.1, 0.15) is 61.2 Å². The summed E-state index contributed by atoms with van der Waals surface area (Å²) in [7, 11) is 0. The number of halogens is 2. The highest BCUT2D eigenvalue weighted by molar-refractivity contribution is 5.32. The Morgan fingerprint density at radius 2 is 1.95 bits per heavy atom. The summed E-state index contributed by atoms with van der Waals surface area (Å²) >= 11 is 0. The fourth-order valence-corrected chi connectivity index (χ4v) is 3.44. The van der Waals surface area contributed by atoms with Gasteiger partial charge in [0, 0.05) is 5.92 Å². The highest BCUT2D eigenvalue weighted by Crippen LogP contribution is 2.55. The first-order valence-corrected chi connectivity index (χ1v) is 7.65. The molecule has 2 saturated carbocycles. The maximum atomic E-state index is 13.8. The molecule has 0 bridgehead atoms. The molecule has 116 valence electrons. The van der Waals surface area contributed by atoms with E-state index in [4.69, 9.17) is 10.3 Å². The Bertz CT molecular complexity index is 709. The first-order valence-electron chi connectivity index (χ1n) is 7.65. The van der Waals surface area contributed by atoms with Gasteiger partial charge in [-0.25, -0.2) is 8.78 Å². The van der Waals surface area contributed by atoms with E-state index in [1.807, 2.05) is 0 Å². The summed E-state index contributed by atoms with van der Waals surface area (Å²) in [6.45, 7) is 0. The molecular weight excluding hydrogens is 288 g/mol. The fraction of sp³-hybridized carbons (Fsp3) is 0.500. The molecule has 4 rings (SSSR count). The Morgan fingerprint density at radius 3 is 2.73 bits per heavy atom. The number of aromatic nitrogens is 2. The van der Waals surface area contributed by atoms with Crippen LogP contribution in [0.15, 0.2) is 22.7 Å². The van der Waals surface area contributed by atoms with Crippen LogP contribution in [0, 0.1) is 11.6 Å². The van der Waals surface area contributed by atoms with Gasteiger partial charge in [0.25, 0.3) is 0 Å².